The second-order valence-corrected chi connectivity index (χ2v) is 6.29. The second-order valence-electron chi connectivity index (χ2n) is 6.29. The minimum Gasteiger partial charge on any atom is -0.390 e. The molecular weight excluding hydrogens is 352 g/mol. The molecule has 0 spiro atoms. The Morgan fingerprint density at radius 3 is 2.81 bits per heavy atom. The molecule has 3 rings (SSSR count). The first kappa shape index (κ1) is 18.8. The van der Waals surface area contributed by atoms with Crippen molar-refractivity contribution in [1.29, 1.82) is 0 Å². The van der Waals surface area contributed by atoms with E-state index < -0.39 is 0 Å². The highest BCUT2D eigenvalue weighted by atomic mass is 19.1. The Kier molecular flexibility index (Phi) is 6.01. The molecule has 2 aromatic rings. The molecule has 2 amide bonds. The predicted molar refractivity (Wildman–Crippen MR) is 98.3 cm³/mol. The molecule has 1 heterocycles. The van der Waals surface area contributed by atoms with Crippen molar-refractivity contribution in [3.63, 3.8) is 0 Å². The molecule has 0 saturated carbocycles. The second kappa shape index (κ2) is 8.62. The molecule has 1 N–H and O–H groups in total. The van der Waals surface area contributed by atoms with E-state index in [1.54, 1.807) is 30.3 Å². The van der Waals surface area contributed by atoms with Crippen molar-refractivity contribution < 1.29 is 18.4 Å². The van der Waals surface area contributed by atoms with Crippen LogP contribution in [0.2, 0.25) is 0 Å². The lowest BCUT2D eigenvalue weighted by atomic mass is 10.0. The van der Waals surface area contributed by atoms with Crippen LogP contribution in [0.25, 0.3) is 0 Å². The molecule has 2 aromatic carbocycles. The average molecular weight is 373 g/mol. The molecule has 0 unspecified atom stereocenters. The molecule has 0 aliphatic carbocycles. The predicted octanol–water partition coefficient (Wildman–Crippen LogP) is 3.69. The molecule has 7 heteroatoms. The Labute approximate surface area is 156 Å². The number of nitrogens with zero attached hydrogens (tertiary/aromatic N) is 2. The molecule has 27 heavy (non-hydrogen) atoms. The fourth-order valence-corrected chi connectivity index (χ4v) is 2.93. The lowest BCUT2D eigenvalue weighted by molar-refractivity contribution is 0.0588. The van der Waals surface area contributed by atoms with Gasteiger partial charge in [-0.15, -0.1) is 0 Å². The molecule has 5 nitrogen and oxygen atoms in total. The molecule has 0 bridgehead atoms. The molecular formula is C20H21F2N3O2. The van der Waals surface area contributed by atoms with Crippen LogP contribution in [0.15, 0.2) is 53.7 Å². The number of carbonyl (C=O) groups is 1. The number of carbonyl (C=O) groups excluding carboxylic acids is 1. The van der Waals surface area contributed by atoms with Gasteiger partial charge in [0.1, 0.15) is 11.6 Å². The van der Waals surface area contributed by atoms with Crippen LogP contribution in [0.4, 0.5) is 13.6 Å². The van der Waals surface area contributed by atoms with Gasteiger partial charge in [0.2, 0.25) is 0 Å². The van der Waals surface area contributed by atoms with Gasteiger partial charge in [-0.05, 0) is 25.1 Å². The van der Waals surface area contributed by atoms with E-state index in [-0.39, 0.29) is 36.9 Å². The summed E-state index contributed by atoms with van der Waals surface area (Å²) in [6, 6.07) is 12.2. The first-order valence-electron chi connectivity index (χ1n) is 8.81. The normalized spacial score (nSPS) is 15.8. The minimum atomic E-state index is -0.377. The van der Waals surface area contributed by atoms with Crippen LogP contribution in [0.1, 0.15) is 24.5 Å². The number of amides is 2. The summed E-state index contributed by atoms with van der Waals surface area (Å²) < 4.78 is 27.4. The maximum absolute atomic E-state index is 14.0. The topological polar surface area (TPSA) is 53.9 Å². The van der Waals surface area contributed by atoms with Crippen LogP contribution in [0, 0.1) is 11.6 Å². The van der Waals surface area contributed by atoms with Crippen LogP contribution < -0.4 is 5.32 Å². The monoisotopic (exact) mass is 373 g/mol. The van der Waals surface area contributed by atoms with Crippen molar-refractivity contribution in [3.8, 4) is 0 Å². The zero-order chi connectivity index (χ0) is 19.2. The number of halogens is 2. The van der Waals surface area contributed by atoms with Crippen molar-refractivity contribution in [1.82, 2.24) is 10.2 Å². The molecule has 0 saturated heterocycles. The van der Waals surface area contributed by atoms with Crippen LogP contribution in [-0.2, 0) is 11.4 Å². The average Bonchev–Trinajstić information content (AvgIpc) is 3.12. The number of hydrogen-bond acceptors (Lipinski definition) is 3. The van der Waals surface area contributed by atoms with Gasteiger partial charge in [0.05, 0.1) is 18.8 Å². The lowest BCUT2D eigenvalue weighted by Gasteiger charge is -2.25. The van der Waals surface area contributed by atoms with Crippen LogP contribution >= 0.6 is 0 Å². The highest BCUT2D eigenvalue weighted by molar-refractivity contribution is 6.01. The molecule has 0 fully saturated rings. The minimum absolute atomic E-state index is 0.119. The number of benzene rings is 2. The molecule has 0 aromatic heterocycles. The Bertz CT molecular complexity index is 841. The quantitative estimate of drug-likeness (QED) is 0.840. The van der Waals surface area contributed by atoms with E-state index in [1.807, 2.05) is 6.92 Å². The third-order valence-electron chi connectivity index (χ3n) is 4.25. The maximum atomic E-state index is 14.0. The highest BCUT2D eigenvalue weighted by Crippen LogP contribution is 2.20. The van der Waals surface area contributed by atoms with E-state index in [0.717, 1.165) is 0 Å². The first-order chi connectivity index (χ1) is 13.1. The summed E-state index contributed by atoms with van der Waals surface area (Å²) in [6.45, 7) is 2.63. The fourth-order valence-electron chi connectivity index (χ4n) is 2.93. The molecule has 1 aliphatic rings. The summed E-state index contributed by atoms with van der Waals surface area (Å²) in [6.07, 6.45) is 0.0639. The first-order valence-corrected chi connectivity index (χ1v) is 8.81. The van der Waals surface area contributed by atoms with E-state index in [9.17, 15) is 13.6 Å². The number of urea groups is 1. The molecule has 0 radical (unpaired) electrons. The standard InChI is InChI=1S/C20H21F2N3O2/c1-2-23-20(26)25(12-15-6-3-4-9-18(15)22)13-17-11-19(24-27-17)14-7-5-8-16(21)10-14/h3-10,17H,2,11-13H2,1H3,(H,23,26)/t17-/m1/s1. The Morgan fingerprint density at radius 1 is 1.26 bits per heavy atom. The van der Waals surface area contributed by atoms with Crippen molar-refractivity contribution >= 4 is 11.7 Å². The van der Waals surface area contributed by atoms with Gasteiger partial charge >= 0.3 is 6.03 Å². The highest BCUT2D eigenvalue weighted by Gasteiger charge is 2.27. The summed E-state index contributed by atoms with van der Waals surface area (Å²) >= 11 is 0. The van der Waals surface area contributed by atoms with Crippen LogP contribution in [0.5, 0.6) is 0 Å². The van der Waals surface area contributed by atoms with E-state index in [1.165, 1.54) is 23.1 Å². The Morgan fingerprint density at radius 2 is 2.07 bits per heavy atom. The van der Waals surface area contributed by atoms with Crippen molar-refractivity contribution in [2.75, 3.05) is 13.1 Å². The zero-order valence-corrected chi connectivity index (χ0v) is 15.0. The molecule has 1 aliphatic heterocycles. The van der Waals surface area contributed by atoms with E-state index in [0.29, 0.717) is 29.8 Å². The number of nitrogens with one attached hydrogen (secondary N) is 1. The number of oxime groups is 1. The van der Waals surface area contributed by atoms with E-state index in [2.05, 4.69) is 10.5 Å². The third kappa shape index (κ3) is 4.81. The van der Waals surface area contributed by atoms with Gasteiger partial charge < -0.3 is 15.1 Å². The molecule has 1 atom stereocenters. The van der Waals surface area contributed by atoms with Gasteiger partial charge in [-0.25, -0.2) is 13.6 Å². The van der Waals surface area contributed by atoms with E-state index in [4.69, 9.17) is 4.84 Å². The molecule has 142 valence electrons. The van der Waals surface area contributed by atoms with E-state index >= 15 is 0 Å². The summed E-state index contributed by atoms with van der Waals surface area (Å²) in [5.41, 5.74) is 1.70. The largest absolute Gasteiger partial charge is 0.390 e. The van der Waals surface area contributed by atoms with Gasteiger partial charge in [-0.3, -0.25) is 0 Å². The van der Waals surface area contributed by atoms with Gasteiger partial charge in [0, 0.05) is 24.1 Å². The summed E-state index contributed by atoms with van der Waals surface area (Å²) in [7, 11) is 0. The smallest absolute Gasteiger partial charge is 0.317 e. The van der Waals surface area contributed by atoms with Crippen LogP contribution in [0.3, 0.4) is 0 Å². The summed E-state index contributed by atoms with van der Waals surface area (Å²) in [5, 5.41) is 6.76. The van der Waals surface area contributed by atoms with Gasteiger partial charge in [0.25, 0.3) is 0 Å². The van der Waals surface area contributed by atoms with Gasteiger partial charge in [-0.1, -0.05) is 35.5 Å². The van der Waals surface area contributed by atoms with Crippen LogP contribution in [-0.4, -0.2) is 35.8 Å². The van der Waals surface area contributed by atoms with Crippen molar-refractivity contribution in [3.05, 3.63) is 71.3 Å². The Balaban J connectivity index is 1.68. The van der Waals surface area contributed by atoms with Gasteiger partial charge in [-0.2, -0.15) is 0 Å². The SMILES string of the molecule is CCNC(=O)N(Cc1ccccc1F)C[C@H]1CC(c2cccc(F)c2)=NO1. The fraction of sp³-hybridized carbons (Fsp3) is 0.300. The maximum Gasteiger partial charge on any atom is 0.317 e. The number of rotatable bonds is 6. The Hall–Kier alpha value is -2.96. The lowest BCUT2D eigenvalue weighted by Crippen LogP contribution is -2.43. The summed E-state index contributed by atoms with van der Waals surface area (Å²) in [5.74, 6) is -0.710. The van der Waals surface area contributed by atoms with Crippen molar-refractivity contribution in [2.24, 2.45) is 5.16 Å². The van der Waals surface area contributed by atoms with Crippen molar-refractivity contribution in [2.45, 2.75) is 26.0 Å². The summed E-state index contributed by atoms with van der Waals surface area (Å²) in [4.78, 5) is 19.3. The number of hydrogen-bond donors (Lipinski definition) is 1. The zero-order valence-electron chi connectivity index (χ0n) is 15.0. The van der Waals surface area contributed by atoms with Gasteiger partial charge in [0.15, 0.2) is 6.10 Å². The third-order valence-corrected chi connectivity index (χ3v) is 4.25.